The molecule has 110 valence electrons. The van der Waals surface area contributed by atoms with Gasteiger partial charge in [-0.2, -0.15) is 0 Å². The Labute approximate surface area is 125 Å². The number of nitrogens with one attached hydrogen (secondary N) is 3. The van der Waals surface area contributed by atoms with Gasteiger partial charge in [0, 0.05) is 30.2 Å². The van der Waals surface area contributed by atoms with Gasteiger partial charge in [-0.15, -0.1) is 12.4 Å². The monoisotopic (exact) mass is 296 g/mol. The molecule has 1 amide bonds. The highest BCUT2D eigenvalue weighted by Crippen LogP contribution is 2.20. The van der Waals surface area contributed by atoms with E-state index in [1.54, 1.807) is 0 Å². The Kier molecular flexibility index (Phi) is 6.51. The van der Waals surface area contributed by atoms with Gasteiger partial charge in [0.05, 0.1) is 0 Å². The third-order valence-electron chi connectivity index (χ3n) is 3.11. The van der Waals surface area contributed by atoms with Gasteiger partial charge >= 0.3 is 0 Å². The predicted molar refractivity (Wildman–Crippen MR) is 83.8 cm³/mol. The third-order valence-corrected chi connectivity index (χ3v) is 3.11. The van der Waals surface area contributed by atoms with E-state index in [1.165, 1.54) is 10.9 Å². The minimum atomic E-state index is 0. The number of carbonyl (C=O) groups is 1. The average molecular weight is 297 g/mol. The van der Waals surface area contributed by atoms with Crippen LogP contribution >= 0.6 is 12.4 Å². The molecule has 0 fully saturated rings. The number of likely N-dealkylation sites (N-methyl/N-ethyl adjacent to an activating group) is 1. The molecule has 1 heterocycles. The van der Waals surface area contributed by atoms with Crippen LogP contribution in [-0.4, -0.2) is 36.9 Å². The first kappa shape index (κ1) is 16.5. The van der Waals surface area contributed by atoms with Crippen LogP contribution in [0.1, 0.15) is 11.1 Å². The van der Waals surface area contributed by atoms with Crippen molar-refractivity contribution in [2.24, 2.45) is 0 Å². The summed E-state index contributed by atoms with van der Waals surface area (Å²) in [5, 5.41) is 1.26. The molecular formula is C14H21ClN4O. The molecule has 0 saturated carbocycles. The number of hydrogen-bond acceptors (Lipinski definition) is 3. The highest BCUT2D eigenvalue weighted by Gasteiger charge is 2.05. The maximum Gasteiger partial charge on any atom is 0.221 e. The molecule has 0 saturated heterocycles. The van der Waals surface area contributed by atoms with Crippen LogP contribution in [0, 0.1) is 0 Å². The van der Waals surface area contributed by atoms with Crippen LogP contribution < -0.4 is 10.9 Å². The highest BCUT2D eigenvalue weighted by atomic mass is 35.5. The number of hydrogen-bond donors (Lipinski definition) is 3. The molecule has 0 bridgehead atoms. The SMILES string of the molecule is CN(C)CCc1c[nH]c2ccc(CNNC=O)cc12.Cl. The summed E-state index contributed by atoms with van der Waals surface area (Å²) >= 11 is 0. The summed E-state index contributed by atoms with van der Waals surface area (Å²) in [6, 6.07) is 6.29. The average Bonchev–Trinajstić information content (AvgIpc) is 2.79. The Morgan fingerprint density at radius 3 is 2.85 bits per heavy atom. The fraction of sp³-hybridized carbons (Fsp3) is 0.357. The Balaban J connectivity index is 0.00000200. The van der Waals surface area contributed by atoms with Crippen molar-refractivity contribution in [2.45, 2.75) is 13.0 Å². The summed E-state index contributed by atoms with van der Waals surface area (Å²) < 4.78 is 0. The van der Waals surface area contributed by atoms with Gasteiger partial charge in [0.15, 0.2) is 0 Å². The van der Waals surface area contributed by atoms with E-state index in [0.29, 0.717) is 13.0 Å². The second-order valence-corrected chi connectivity index (χ2v) is 4.86. The molecule has 5 nitrogen and oxygen atoms in total. The number of nitrogens with zero attached hydrogens (tertiary/aromatic N) is 1. The van der Waals surface area contributed by atoms with E-state index in [-0.39, 0.29) is 12.4 Å². The van der Waals surface area contributed by atoms with Crippen molar-refractivity contribution < 1.29 is 4.79 Å². The standard InChI is InChI=1S/C14H20N4O.ClH/c1-18(2)6-5-12-9-15-14-4-3-11(7-13(12)14)8-16-17-10-19;/h3-4,7,9-10,15-16H,5-6,8H2,1-2H3,(H,17,19);1H. The lowest BCUT2D eigenvalue weighted by Crippen LogP contribution is -2.29. The zero-order valence-corrected chi connectivity index (χ0v) is 12.6. The van der Waals surface area contributed by atoms with Gasteiger partial charge in [-0.25, -0.2) is 5.43 Å². The fourth-order valence-corrected chi connectivity index (χ4v) is 2.08. The van der Waals surface area contributed by atoms with Crippen molar-refractivity contribution in [1.29, 1.82) is 0 Å². The largest absolute Gasteiger partial charge is 0.361 e. The quantitative estimate of drug-likeness (QED) is 0.412. The number of hydrazine groups is 1. The lowest BCUT2D eigenvalue weighted by molar-refractivity contribution is -0.110. The van der Waals surface area contributed by atoms with Crippen LogP contribution in [0.5, 0.6) is 0 Å². The van der Waals surface area contributed by atoms with Gasteiger partial charge in [0.25, 0.3) is 0 Å². The van der Waals surface area contributed by atoms with E-state index in [1.807, 2.05) is 6.07 Å². The molecule has 1 aromatic heterocycles. The first-order valence-corrected chi connectivity index (χ1v) is 6.36. The Morgan fingerprint density at radius 2 is 2.15 bits per heavy atom. The van der Waals surface area contributed by atoms with Crippen molar-refractivity contribution in [3.05, 3.63) is 35.5 Å². The molecule has 0 spiro atoms. The third kappa shape index (κ3) is 4.23. The van der Waals surface area contributed by atoms with Gasteiger partial charge in [0.1, 0.15) is 0 Å². The van der Waals surface area contributed by atoms with E-state index in [2.05, 4.69) is 53.2 Å². The molecule has 0 unspecified atom stereocenters. The number of halogens is 1. The Hall–Kier alpha value is -1.56. The van der Waals surface area contributed by atoms with Crippen LogP contribution in [0.25, 0.3) is 10.9 Å². The van der Waals surface area contributed by atoms with E-state index >= 15 is 0 Å². The van der Waals surface area contributed by atoms with Crippen molar-refractivity contribution in [2.75, 3.05) is 20.6 Å². The fourth-order valence-electron chi connectivity index (χ4n) is 2.08. The molecule has 0 radical (unpaired) electrons. The normalized spacial score (nSPS) is 10.6. The Morgan fingerprint density at radius 1 is 1.35 bits per heavy atom. The zero-order valence-electron chi connectivity index (χ0n) is 11.8. The van der Waals surface area contributed by atoms with Gasteiger partial charge in [-0.3, -0.25) is 10.2 Å². The molecule has 0 aliphatic heterocycles. The minimum absolute atomic E-state index is 0. The maximum atomic E-state index is 10.2. The minimum Gasteiger partial charge on any atom is -0.361 e. The summed E-state index contributed by atoms with van der Waals surface area (Å²) in [6.07, 6.45) is 3.74. The van der Waals surface area contributed by atoms with E-state index < -0.39 is 0 Å². The van der Waals surface area contributed by atoms with Crippen LogP contribution in [0.2, 0.25) is 0 Å². The summed E-state index contributed by atoms with van der Waals surface area (Å²) in [7, 11) is 4.16. The number of carbonyl (C=O) groups excluding carboxylic acids is 1. The summed E-state index contributed by atoms with van der Waals surface area (Å²) in [5.41, 5.74) is 8.92. The molecule has 0 atom stereocenters. The first-order chi connectivity index (χ1) is 9.20. The van der Waals surface area contributed by atoms with Crippen molar-refractivity contribution in [3.8, 4) is 0 Å². The molecule has 1 aromatic carbocycles. The zero-order chi connectivity index (χ0) is 13.7. The van der Waals surface area contributed by atoms with Gasteiger partial charge in [-0.1, -0.05) is 6.07 Å². The van der Waals surface area contributed by atoms with Crippen molar-refractivity contribution >= 4 is 29.7 Å². The van der Waals surface area contributed by atoms with Gasteiger partial charge < -0.3 is 9.88 Å². The summed E-state index contributed by atoms with van der Waals surface area (Å²) in [5.74, 6) is 0. The van der Waals surface area contributed by atoms with E-state index in [4.69, 9.17) is 0 Å². The molecular weight excluding hydrogens is 276 g/mol. The number of H-pyrrole nitrogens is 1. The molecule has 2 aromatic rings. The number of rotatable bonds is 7. The molecule has 0 aliphatic rings. The molecule has 20 heavy (non-hydrogen) atoms. The van der Waals surface area contributed by atoms with Crippen molar-refractivity contribution in [3.63, 3.8) is 0 Å². The van der Waals surface area contributed by atoms with Crippen LogP contribution in [0.4, 0.5) is 0 Å². The number of aromatic amines is 1. The van der Waals surface area contributed by atoms with Crippen LogP contribution in [0.15, 0.2) is 24.4 Å². The number of aromatic nitrogens is 1. The van der Waals surface area contributed by atoms with Gasteiger partial charge in [-0.05, 0) is 43.8 Å². The predicted octanol–water partition coefficient (Wildman–Crippen LogP) is 1.44. The van der Waals surface area contributed by atoms with Gasteiger partial charge in [0.2, 0.25) is 6.41 Å². The Bertz CT molecular complexity index is 553. The maximum absolute atomic E-state index is 10.2. The van der Waals surface area contributed by atoms with Crippen LogP contribution in [-0.2, 0) is 17.8 Å². The smallest absolute Gasteiger partial charge is 0.221 e. The molecule has 2 rings (SSSR count). The molecule has 6 heteroatoms. The second-order valence-electron chi connectivity index (χ2n) is 4.86. The van der Waals surface area contributed by atoms with E-state index in [0.717, 1.165) is 24.0 Å². The molecule has 3 N–H and O–H groups in total. The van der Waals surface area contributed by atoms with E-state index in [9.17, 15) is 4.79 Å². The summed E-state index contributed by atoms with van der Waals surface area (Å²) in [4.78, 5) is 15.7. The second kappa shape index (κ2) is 7.89. The van der Waals surface area contributed by atoms with Crippen LogP contribution in [0.3, 0.4) is 0 Å². The number of amides is 1. The molecule has 0 aliphatic carbocycles. The first-order valence-electron chi connectivity index (χ1n) is 6.36. The summed E-state index contributed by atoms with van der Waals surface area (Å²) in [6.45, 7) is 1.65. The lowest BCUT2D eigenvalue weighted by Gasteiger charge is -2.08. The number of benzene rings is 1. The lowest BCUT2D eigenvalue weighted by atomic mass is 10.1. The topological polar surface area (TPSA) is 60.2 Å². The highest BCUT2D eigenvalue weighted by molar-refractivity contribution is 5.85. The van der Waals surface area contributed by atoms with Crippen molar-refractivity contribution in [1.82, 2.24) is 20.7 Å². The number of fused-ring (bicyclic) bond motifs is 1.